The molecule has 2 rings (SSSR count). The molecule has 0 N–H and O–H groups in total. The number of halogens is 1. The second kappa shape index (κ2) is 6.33. The molecule has 0 saturated heterocycles. The van der Waals surface area contributed by atoms with E-state index in [-0.39, 0.29) is 0 Å². The monoisotopic (exact) mass is 279 g/mol. The summed E-state index contributed by atoms with van der Waals surface area (Å²) in [5.41, 5.74) is 1.23. The van der Waals surface area contributed by atoms with Crippen LogP contribution in [0.15, 0.2) is 24.3 Å². The third-order valence-electron chi connectivity index (χ3n) is 2.70. The zero-order valence-corrected chi connectivity index (χ0v) is 11.3. The Morgan fingerprint density at radius 1 is 1.37 bits per heavy atom. The van der Waals surface area contributed by atoms with Crippen molar-refractivity contribution in [3.05, 3.63) is 40.7 Å². The van der Waals surface area contributed by atoms with Crippen LogP contribution >= 0.6 is 11.6 Å². The summed E-state index contributed by atoms with van der Waals surface area (Å²) < 4.78 is 7.27. The molecule has 0 radical (unpaired) electrons. The number of aldehydes is 1. The molecule has 2 aromatic rings. The van der Waals surface area contributed by atoms with Crippen LogP contribution in [0.3, 0.4) is 0 Å². The number of benzene rings is 1. The van der Waals surface area contributed by atoms with Crippen LogP contribution in [0.1, 0.15) is 23.1 Å². The molecular weight excluding hydrogens is 266 g/mol. The SMILES string of the molecule is CCc1c(C=O)nnn1CCOc1ccc(Cl)cc1. The van der Waals surface area contributed by atoms with Crippen molar-refractivity contribution in [3.8, 4) is 5.75 Å². The number of hydrogen-bond donors (Lipinski definition) is 0. The summed E-state index contributed by atoms with van der Waals surface area (Å²) in [5.74, 6) is 0.748. The molecule has 0 bridgehead atoms. The molecule has 0 amide bonds. The van der Waals surface area contributed by atoms with Crippen molar-refractivity contribution in [1.82, 2.24) is 15.0 Å². The van der Waals surface area contributed by atoms with Crippen LogP contribution in [-0.4, -0.2) is 27.9 Å². The Morgan fingerprint density at radius 2 is 2.11 bits per heavy atom. The smallest absolute Gasteiger partial charge is 0.172 e. The topological polar surface area (TPSA) is 57.0 Å². The van der Waals surface area contributed by atoms with Gasteiger partial charge in [-0.3, -0.25) is 4.79 Å². The molecule has 0 fully saturated rings. The summed E-state index contributed by atoms with van der Waals surface area (Å²) >= 11 is 5.79. The van der Waals surface area contributed by atoms with Crippen LogP contribution in [0.5, 0.6) is 5.75 Å². The van der Waals surface area contributed by atoms with E-state index >= 15 is 0 Å². The van der Waals surface area contributed by atoms with Gasteiger partial charge < -0.3 is 4.74 Å². The highest BCUT2D eigenvalue weighted by molar-refractivity contribution is 6.30. The first kappa shape index (κ1) is 13.5. The minimum atomic E-state index is 0.397. The van der Waals surface area contributed by atoms with Gasteiger partial charge in [-0.15, -0.1) is 5.10 Å². The van der Waals surface area contributed by atoms with E-state index in [0.29, 0.717) is 30.3 Å². The lowest BCUT2D eigenvalue weighted by atomic mass is 10.3. The molecule has 0 spiro atoms. The largest absolute Gasteiger partial charge is 0.492 e. The fourth-order valence-electron chi connectivity index (χ4n) is 1.76. The van der Waals surface area contributed by atoms with Gasteiger partial charge >= 0.3 is 0 Å². The summed E-state index contributed by atoms with van der Waals surface area (Å²) in [6.07, 6.45) is 1.43. The molecule has 5 nitrogen and oxygen atoms in total. The summed E-state index contributed by atoms with van der Waals surface area (Å²) in [5, 5.41) is 8.43. The summed E-state index contributed by atoms with van der Waals surface area (Å²) in [6.45, 7) is 2.96. The van der Waals surface area contributed by atoms with Gasteiger partial charge in [0.05, 0.1) is 12.2 Å². The lowest BCUT2D eigenvalue weighted by Gasteiger charge is -2.07. The fourth-order valence-corrected chi connectivity index (χ4v) is 1.89. The summed E-state index contributed by atoms with van der Waals surface area (Å²) in [4.78, 5) is 10.8. The van der Waals surface area contributed by atoms with Crippen LogP contribution in [-0.2, 0) is 13.0 Å². The van der Waals surface area contributed by atoms with E-state index in [2.05, 4.69) is 10.3 Å². The number of nitrogens with zero attached hydrogens (tertiary/aromatic N) is 3. The second-order valence-electron chi connectivity index (χ2n) is 3.92. The zero-order valence-electron chi connectivity index (χ0n) is 10.5. The molecule has 6 heteroatoms. The summed E-state index contributed by atoms with van der Waals surface area (Å²) in [6, 6.07) is 7.16. The van der Waals surface area contributed by atoms with Crippen molar-refractivity contribution in [3.63, 3.8) is 0 Å². The van der Waals surface area contributed by atoms with E-state index in [1.807, 2.05) is 6.92 Å². The lowest BCUT2D eigenvalue weighted by Crippen LogP contribution is -2.12. The zero-order chi connectivity index (χ0) is 13.7. The Balaban J connectivity index is 1.94. The van der Waals surface area contributed by atoms with Crippen LogP contribution in [0, 0.1) is 0 Å². The van der Waals surface area contributed by atoms with E-state index in [1.165, 1.54) is 0 Å². The maximum atomic E-state index is 10.8. The average Bonchev–Trinajstić information content (AvgIpc) is 2.83. The van der Waals surface area contributed by atoms with Gasteiger partial charge in [0.25, 0.3) is 0 Å². The van der Waals surface area contributed by atoms with Gasteiger partial charge in [-0.2, -0.15) is 0 Å². The third-order valence-corrected chi connectivity index (χ3v) is 2.95. The minimum absolute atomic E-state index is 0.397. The first-order valence-electron chi connectivity index (χ1n) is 6.00. The van der Waals surface area contributed by atoms with E-state index in [0.717, 1.165) is 17.7 Å². The van der Waals surface area contributed by atoms with Gasteiger partial charge in [0.15, 0.2) is 6.29 Å². The Bertz CT molecular complexity index is 552. The highest BCUT2D eigenvalue weighted by Crippen LogP contribution is 2.15. The van der Waals surface area contributed by atoms with E-state index in [4.69, 9.17) is 16.3 Å². The fraction of sp³-hybridized carbons (Fsp3) is 0.308. The van der Waals surface area contributed by atoms with Crippen molar-refractivity contribution in [1.29, 1.82) is 0 Å². The van der Waals surface area contributed by atoms with Gasteiger partial charge in [0.2, 0.25) is 0 Å². The molecule has 19 heavy (non-hydrogen) atoms. The maximum Gasteiger partial charge on any atom is 0.172 e. The Morgan fingerprint density at radius 3 is 2.74 bits per heavy atom. The molecule has 1 aromatic carbocycles. The molecule has 100 valence electrons. The van der Waals surface area contributed by atoms with Gasteiger partial charge in [-0.1, -0.05) is 23.7 Å². The first-order chi connectivity index (χ1) is 9.24. The highest BCUT2D eigenvalue weighted by atomic mass is 35.5. The average molecular weight is 280 g/mol. The van der Waals surface area contributed by atoms with E-state index in [9.17, 15) is 4.79 Å². The van der Waals surface area contributed by atoms with Crippen molar-refractivity contribution in [2.24, 2.45) is 0 Å². The molecule has 0 aliphatic carbocycles. The normalized spacial score (nSPS) is 10.4. The quantitative estimate of drug-likeness (QED) is 0.762. The Hall–Kier alpha value is -1.88. The van der Waals surface area contributed by atoms with Crippen molar-refractivity contribution < 1.29 is 9.53 Å². The van der Waals surface area contributed by atoms with Gasteiger partial charge in [0.1, 0.15) is 18.1 Å². The van der Waals surface area contributed by atoms with E-state index < -0.39 is 0 Å². The highest BCUT2D eigenvalue weighted by Gasteiger charge is 2.09. The Labute approximate surface area is 116 Å². The van der Waals surface area contributed by atoms with Gasteiger partial charge in [-0.05, 0) is 30.7 Å². The lowest BCUT2D eigenvalue weighted by molar-refractivity contribution is 0.111. The summed E-state index contributed by atoms with van der Waals surface area (Å²) in [7, 11) is 0. The van der Waals surface area contributed by atoms with Crippen molar-refractivity contribution in [2.45, 2.75) is 19.9 Å². The van der Waals surface area contributed by atoms with Crippen LogP contribution < -0.4 is 4.74 Å². The number of rotatable bonds is 6. The number of ether oxygens (including phenoxy) is 1. The number of hydrogen-bond acceptors (Lipinski definition) is 4. The molecule has 0 aliphatic heterocycles. The van der Waals surface area contributed by atoms with Gasteiger partial charge in [0, 0.05) is 5.02 Å². The standard InChI is InChI=1S/C13H14ClN3O2/c1-2-13-12(9-18)15-16-17(13)7-8-19-11-5-3-10(14)4-6-11/h3-6,9H,2,7-8H2,1H3. The molecule has 1 aromatic heterocycles. The van der Waals surface area contributed by atoms with Crippen molar-refractivity contribution in [2.75, 3.05) is 6.61 Å². The molecule has 1 heterocycles. The van der Waals surface area contributed by atoms with Crippen molar-refractivity contribution >= 4 is 17.9 Å². The van der Waals surface area contributed by atoms with E-state index in [1.54, 1.807) is 28.9 Å². The number of aromatic nitrogens is 3. The van der Waals surface area contributed by atoms with Crippen LogP contribution in [0.4, 0.5) is 0 Å². The molecule has 0 aliphatic rings. The third kappa shape index (κ3) is 3.32. The first-order valence-corrected chi connectivity index (χ1v) is 6.38. The number of carbonyl (C=O) groups excluding carboxylic acids is 1. The maximum absolute atomic E-state index is 10.8. The molecule has 0 unspecified atom stereocenters. The number of carbonyl (C=O) groups is 1. The Kier molecular flexibility index (Phi) is 4.52. The predicted molar refractivity (Wildman–Crippen MR) is 71.7 cm³/mol. The molecular formula is C13H14ClN3O2. The van der Waals surface area contributed by atoms with Gasteiger partial charge in [-0.25, -0.2) is 4.68 Å². The predicted octanol–water partition coefficient (Wildman–Crippen LogP) is 2.39. The van der Waals surface area contributed by atoms with Crippen LogP contribution in [0.2, 0.25) is 5.02 Å². The second-order valence-corrected chi connectivity index (χ2v) is 4.35. The molecule has 0 atom stereocenters. The van der Waals surface area contributed by atoms with Crippen LogP contribution in [0.25, 0.3) is 0 Å². The minimum Gasteiger partial charge on any atom is -0.492 e. The molecule has 0 saturated carbocycles.